The van der Waals surface area contributed by atoms with E-state index in [0.29, 0.717) is 6.67 Å². The number of nitrogens with zero attached hydrogens (tertiary/aromatic N) is 2. The minimum Gasteiger partial charge on any atom is -0.359 e. The van der Waals surface area contributed by atoms with E-state index in [-0.39, 0.29) is 0 Å². The van der Waals surface area contributed by atoms with Crippen LogP contribution in [0.3, 0.4) is 0 Å². The average Bonchev–Trinajstić information content (AvgIpc) is 2.02. The van der Waals surface area contributed by atoms with Gasteiger partial charge in [-0.1, -0.05) is 12.7 Å². The van der Waals surface area contributed by atoms with Gasteiger partial charge >= 0.3 is 0 Å². The lowest BCUT2D eigenvalue weighted by Crippen LogP contribution is -2.16. The van der Waals surface area contributed by atoms with Crippen LogP contribution in [0.5, 0.6) is 0 Å². The van der Waals surface area contributed by atoms with Crippen LogP contribution < -0.4 is 0 Å². The second-order valence-electron chi connectivity index (χ2n) is 2.54. The van der Waals surface area contributed by atoms with Crippen molar-refractivity contribution in [2.45, 2.75) is 13.8 Å². The van der Waals surface area contributed by atoms with Gasteiger partial charge in [-0.15, -0.1) is 0 Å². The Morgan fingerprint density at radius 1 is 1.55 bits per heavy atom. The fraction of sp³-hybridized carbons (Fsp3) is 0.444. The average molecular weight is 152 g/mol. The van der Waals surface area contributed by atoms with Crippen LogP contribution in [-0.2, 0) is 0 Å². The molecule has 0 aromatic heterocycles. The Labute approximate surface area is 68.9 Å². The van der Waals surface area contributed by atoms with E-state index < -0.39 is 0 Å². The molecule has 0 unspecified atom stereocenters. The van der Waals surface area contributed by atoms with E-state index >= 15 is 0 Å². The Hall–Kier alpha value is -1.05. The predicted octanol–water partition coefficient (Wildman–Crippen LogP) is 2.06. The van der Waals surface area contributed by atoms with E-state index in [1.165, 1.54) is 11.3 Å². The summed E-state index contributed by atoms with van der Waals surface area (Å²) >= 11 is 0. The Kier molecular flexibility index (Phi) is 4.27. The van der Waals surface area contributed by atoms with Crippen LogP contribution in [0.1, 0.15) is 13.8 Å². The van der Waals surface area contributed by atoms with Crippen molar-refractivity contribution < 1.29 is 0 Å². The summed E-state index contributed by atoms with van der Waals surface area (Å²) in [6.07, 6.45) is 1.84. The number of allylic oxidation sites excluding steroid dienone is 3. The second-order valence-corrected chi connectivity index (χ2v) is 2.54. The quantitative estimate of drug-likeness (QED) is 0.444. The van der Waals surface area contributed by atoms with Crippen LogP contribution in [0.15, 0.2) is 28.9 Å². The lowest BCUT2D eigenvalue weighted by Gasteiger charge is -2.18. The molecule has 0 radical (unpaired) electrons. The molecule has 0 aromatic rings. The molecule has 0 aliphatic carbocycles. The first kappa shape index (κ1) is 9.95. The molecular weight excluding hydrogens is 136 g/mol. The van der Waals surface area contributed by atoms with E-state index in [2.05, 4.69) is 18.3 Å². The first-order chi connectivity index (χ1) is 5.13. The van der Waals surface area contributed by atoms with Crippen molar-refractivity contribution in [3.63, 3.8) is 0 Å². The molecule has 0 aliphatic rings. The number of hydrogen-bond donors (Lipinski definition) is 0. The molecule has 0 bridgehead atoms. The fourth-order valence-electron chi connectivity index (χ4n) is 0.705. The molecule has 0 spiro atoms. The highest BCUT2D eigenvalue weighted by Crippen LogP contribution is 2.07. The van der Waals surface area contributed by atoms with Gasteiger partial charge in [-0.25, -0.2) is 0 Å². The molecule has 0 saturated heterocycles. The van der Waals surface area contributed by atoms with Crippen LogP contribution in [0.2, 0.25) is 0 Å². The minimum atomic E-state index is 0.636. The highest BCUT2D eigenvalue weighted by molar-refractivity contribution is 5.24. The largest absolute Gasteiger partial charge is 0.359 e. The van der Waals surface area contributed by atoms with E-state index in [4.69, 9.17) is 0 Å². The molecule has 0 aromatic carbocycles. The van der Waals surface area contributed by atoms with Crippen molar-refractivity contribution in [1.82, 2.24) is 4.90 Å². The highest BCUT2D eigenvalue weighted by Gasteiger charge is 1.97. The molecule has 0 saturated carbocycles. The van der Waals surface area contributed by atoms with Gasteiger partial charge in [-0.3, -0.25) is 4.99 Å². The number of aliphatic imine (C=N–C) groups is 1. The summed E-state index contributed by atoms with van der Waals surface area (Å²) in [5, 5.41) is 0. The van der Waals surface area contributed by atoms with Crippen molar-refractivity contribution in [2.75, 3.05) is 13.7 Å². The Bertz CT molecular complexity index is 180. The Balaban J connectivity index is 4.31. The molecule has 11 heavy (non-hydrogen) atoms. The molecule has 0 fully saturated rings. The lowest BCUT2D eigenvalue weighted by molar-refractivity contribution is 0.431. The summed E-state index contributed by atoms with van der Waals surface area (Å²) < 4.78 is 0. The first-order valence-electron chi connectivity index (χ1n) is 3.57. The fourth-order valence-corrected chi connectivity index (χ4v) is 0.705. The zero-order chi connectivity index (χ0) is 8.85. The molecule has 62 valence electrons. The minimum absolute atomic E-state index is 0.636. The molecule has 2 heteroatoms. The van der Waals surface area contributed by atoms with E-state index in [1.54, 1.807) is 0 Å². The maximum atomic E-state index is 3.78. The second kappa shape index (κ2) is 4.72. The van der Waals surface area contributed by atoms with Gasteiger partial charge in [0.15, 0.2) is 0 Å². The first-order valence-corrected chi connectivity index (χ1v) is 3.57. The smallest absolute Gasteiger partial charge is 0.108 e. The summed E-state index contributed by atoms with van der Waals surface area (Å²) in [7, 11) is 1.98. The summed E-state index contributed by atoms with van der Waals surface area (Å²) in [5.74, 6) is 0. The maximum absolute atomic E-state index is 3.78. The van der Waals surface area contributed by atoms with Crippen LogP contribution in [0, 0.1) is 0 Å². The van der Waals surface area contributed by atoms with Gasteiger partial charge in [0.2, 0.25) is 0 Å². The topological polar surface area (TPSA) is 15.6 Å². The summed E-state index contributed by atoms with van der Waals surface area (Å²) in [6, 6.07) is 0. The molecule has 0 rings (SSSR count). The molecule has 0 aliphatic heterocycles. The zero-order valence-electron chi connectivity index (χ0n) is 7.59. The van der Waals surface area contributed by atoms with Gasteiger partial charge in [0.1, 0.15) is 6.67 Å². The summed E-state index contributed by atoms with van der Waals surface area (Å²) in [5.41, 5.74) is 2.36. The van der Waals surface area contributed by atoms with Crippen molar-refractivity contribution in [2.24, 2.45) is 4.99 Å². The van der Waals surface area contributed by atoms with Crippen LogP contribution in [-0.4, -0.2) is 25.3 Å². The number of hydrogen-bond acceptors (Lipinski definition) is 2. The zero-order valence-corrected chi connectivity index (χ0v) is 7.59. The van der Waals surface area contributed by atoms with Crippen molar-refractivity contribution >= 4 is 6.72 Å². The van der Waals surface area contributed by atoms with Gasteiger partial charge in [-0.2, -0.15) is 0 Å². The third kappa shape index (κ3) is 3.03. The molecule has 0 N–H and O–H groups in total. The normalized spacial score (nSPS) is 11.9. The van der Waals surface area contributed by atoms with Gasteiger partial charge in [0.25, 0.3) is 0 Å². The van der Waals surface area contributed by atoms with Crippen LogP contribution in [0.4, 0.5) is 0 Å². The van der Waals surface area contributed by atoms with Crippen molar-refractivity contribution in [3.8, 4) is 0 Å². The SMILES string of the molecule is C=C/C(C)=C(\C)N(C)CN=C. The van der Waals surface area contributed by atoms with Crippen LogP contribution in [0.25, 0.3) is 0 Å². The van der Waals surface area contributed by atoms with Gasteiger partial charge in [0, 0.05) is 12.7 Å². The molecule has 0 atom stereocenters. The third-order valence-corrected chi connectivity index (χ3v) is 1.76. The summed E-state index contributed by atoms with van der Waals surface area (Å²) in [4.78, 5) is 5.81. The van der Waals surface area contributed by atoms with E-state index in [0.717, 1.165) is 0 Å². The lowest BCUT2D eigenvalue weighted by atomic mass is 10.2. The number of rotatable bonds is 4. The van der Waals surface area contributed by atoms with E-state index in [9.17, 15) is 0 Å². The standard InChI is InChI=1S/C9H16N2/c1-6-8(2)9(3)11(5)7-10-4/h6H,1,4,7H2,2-3,5H3/b9-8+. The summed E-state index contributed by atoms with van der Waals surface area (Å²) in [6.45, 7) is 11.8. The molecular formula is C9H16N2. The predicted molar refractivity (Wildman–Crippen MR) is 50.8 cm³/mol. The van der Waals surface area contributed by atoms with E-state index in [1.807, 2.05) is 31.9 Å². The maximum Gasteiger partial charge on any atom is 0.108 e. The molecule has 0 heterocycles. The van der Waals surface area contributed by atoms with Crippen LogP contribution >= 0.6 is 0 Å². The van der Waals surface area contributed by atoms with Crippen molar-refractivity contribution in [1.29, 1.82) is 0 Å². The molecule has 2 nitrogen and oxygen atoms in total. The third-order valence-electron chi connectivity index (χ3n) is 1.76. The monoisotopic (exact) mass is 152 g/mol. The highest BCUT2D eigenvalue weighted by atomic mass is 15.2. The van der Waals surface area contributed by atoms with Gasteiger partial charge < -0.3 is 4.90 Å². The molecule has 0 amide bonds. The van der Waals surface area contributed by atoms with Gasteiger partial charge in [-0.05, 0) is 26.1 Å². The van der Waals surface area contributed by atoms with Gasteiger partial charge in [0.05, 0.1) is 0 Å². The van der Waals surface area contributed by atoms with Crippen molar-refractivity contribution in [3.05, 3.63) is 23.9 Å². The Morgan fingerprint density at radius 2 is 2.09 bits per heavy atom. The Morgan fingerprint density at radius 3 is 2.45 bits per heavy atom.